The summed E-state index contributed by atoms with van der Waals surface area (Å²) in [6.45, 7) is 0. The zero-order valence-corrected chi connectivity index (χ0v) is 8.98. The Labute approximate surface area is 94.1 Å². The van der Waals surface area contributed by atoms with Gasteiger partial charge >= 0.3 is 5.97 Å². The van der Waals surface area contributed by atoms with Crippen LogP contribution < -0.4 is 0 Å². The van der Waals surface area contributed by atoms with Crippen LogP contribution >= 0.6 is 0 Å². The predicted octanol–water partition coefficient (Wildman–Crippen LogP) is 2.15. The number of carbonyl (C=O) groups is 2. The van der Waals surface area contributed by atoms with Crippen LogP contribution in [0.3, 0.4) is 0 Å². The molecule has 0 aliphatic heterocycles. The minimum Gasteiger partial charge on any atom is -0.481 e. The lowest BCUT2D eigenvalue weighted by Crippen LogP contribution is -2.00. The van der Waals surface area contributed by atoms with E-state index in [2.05, 4.69) is 0 Å². The summed E-state index contributed by atoms with van der Waals surface area (Å²) in [5.41, 5.74) is 1.96. The van der Waals surface area contributed by atoms with Crippen LogP contribution in [0.15, 0.2) is 24.3 Å². The van der Waals surface area contributed by atoms with Crippen molar-refractivity contribution in [2.24, 2.45) is 0 Å². The molecule has 2 rings (SSSR count). The molecule has 1 aromatic carbocycles. The van der Waals surface area contributed by atoms with Gasteiger partial charge in [-0.1, -0.05) is 24.3 Å². The van der Waals surface area contributed by atoms with Crippen LogP contribution in [-0.2, 0) is 16.0 Å². The third-order valence-corrected chi connectivity index (χ3v) is 3.05. The van der Waals surface area contributed by atoms with E-state index in [1.54, 1.807) is 0 Å². The van der Waals surface area contributed by atoms with E-state index in [1.165, 1.54) is 0 Å². The number of carboxylic acids is 1. The highest BCUT2D eigenvalue weighted by Gasteiger charge is 2.23. The fraction of sp³-hybridized carbons (Fsp3) is 0.385. The molecule has 0 saturated heterocycles. The predicted molar refractivity (Wildman–Crippen MR) is 59.4 cm³/mol. The van der Waals surface area contributed by atoms with Gasteiger partial charge in [0.05, 0.1) is 6.42 Å². The van der Waals surface area contributed by atoms with E-state index in [0.29, 0.717) is 24.5 Å². The molecule has 0 spiro atoms. The standard InChI is InChI=1S/C13H14O3/c14-12-6-5-11(8-12)10-3-1-9(2-4-10)7-13(15)16/h1-4,11H,5-8H2,(H,15,16). The number of rotatable bonds is 3. The lowest BCUT2D eigenvalue weighted by atomic mass is 9.96. The molecule has 0 heterocycles. The first kappa shape index (κ1) is 10.9. The highest BCUT2D eigenvalue weighted by atomic mass is 16.4. The smallest absolute Gasteiger partial charge is 0.307 e. The molecular weight excluding hydrogens is 204 g/mol. The minimum absolute atomic E-state index is 0.0594. The van der Waals surface area contributed by atoms with E-state index in [1.807, 2.05) is 24.3 Å². The largest absolute Gasteiger partial charge is 0.481 e. The van der Waals surface area contributed by atoms with Gasteiger partial charge in [0.25, 0.3) is 0 Å². The molecule has 0 amide bonds. The van der Waals surface area contributed by atoms with Crippen LogP contribution in [0.1, 0.15) is 36.3 Å². The Bertz CT molecular complexity index is 406. The molecule has 3 nitrogen and oxygen atoms in total. The van der Waals surface area contributed by atoms with Gasteiger partial charge in [-0.3, -0.25) is 9.59 Å². The van der Waals surface area contributed by atoms with Crippen molar-refractivity contribution in [2.75, 3.05) is 0 Å². The molecule has 1 unspecified atom stereocenters. The Kier molecular flexibility index (Phi) is 3.04. The number of hydrogen-bond acceptors (Lipinski definition) is 2. The highest BCUT2D eigenvalue weighted by molar-refractivity contribution is 5.81. The zero-order valence-electron chi connectivity index (χ0n) is 8.98. The first-order chi connectivity index (χ1) is 7.65. The molecule has 1 fully saturated rings. The number of carbonyl (C=O) groups excluding carboxylic acids is 1. The Morgan fingerprint density at radius 1 is 1.31 bits per heavy atom. The zero-order chi connectivity index (χ0) is 11.5. The maximum Gasteiger partial charge on any atom is 0.307 e. The maximum absolute atomic E-state index is 11.2. The summed E-state index contributed by atoms with van der Waals surface area (Å²) < 4.78 is 0. The molecule has 1 N–H and O–H groups in total. The van der Waals surface area contributed by atoms with E-state index in [4.69, 9.17) is 5.11 Å². The van der Waals surface area contributed by atoms with Gasteiger partial charge in [-0.05, 0) is 23.5 Å². The first-order valence-electron chi connectivity index (χ1n) is 5.47. The molecular formula is C13H14O3. The molecule has 16 heavy (non-hydrogen) atoms. The van der Waals surface area contributed by atoms with Crippen molar-refractivity contribution in [3.8, 4) is 0 Å². The highest BCUT2D eigenvalue weighted by Crippen LogP contribution is 2.31. The molecule has 1 aliphatic carbocycles. The van der Waals surface area contributed by atoms with Crippen LogP contribution in [0.25, 0.3) is 0 Å². The van der Waals surface area contributed by atoms with Crippen molar-refractivity contribution >= 4 is 11.8 Å². The van der Waals surface area contributed by atoms with Gasteiger partial charge in [-0.25, -0.2) is 0 Å². The monoisotopic (exact) mass is 218 g/mol. The van der Waals surface area contributed by atoms with Gasteiger partial charge in [0.2, 0.25) is 0 Å². The molecule has 1 aliphatic rings. The molecule has 84 valence electrons. The van der Waals surface area contributed by atoms with Crippen molar-refractivity contribution in [1.29, 1.82) is 0 Å². The van der Waals surface area contributed by atoms with Crippen molar-refractivity contribution in [3.05, 3.63) is 35.4 Å². The Hall–Kier alpha value is -1.64. The average Bonchev–Trinajstić information content (AvgIpc) is 2.65. The molecule has 0 bridgehead atoms. The number of aliphatic carboxylic acids is 1. The van der Waals surface area contributed by atoms with Crippen molar-refractivity contribution in [3.63, 3.8) is 0 Å². The normalized spacial score (nSPS) is 20.0. The maximum atomic E-state index is 11.2. The second-order valence-electron chi connectivity index (χ2n) is 4.29. The number of Topliss-reactive ketones (excluding diaryl/α,β-unsaturated/α-hetero) is 1. The minimum atomic E-state index is -0.816. The Morgan fingerprint density at radius 3 is 2.50 bits per heavy atom. The molecule has 1 aromatic rings. The van der Waals surface area contributed by atoms with Crippen LogP contribution in [0.5, 0.6) is 0 Å². The fourth-order valence-electron chi connectivity index (χ4n) is 2.18. The van der Waals surface area contributed by atoms with Gasteiger partial charge in [-0.2, -0.15) is 0 Å². The van der Waals surface area contributed by atoms with E-state index in [-0.39, 0.29) is 6.42 Å². The SMILES string of the molecule is O=C(O)Cc1ccc(C2CCC(=O)C2)cc1. The van der Waals surface area contributed by atoms with Crippen LogP contribution in [0, 0.1) is 0 Å². The lowest BCUT2D eigenvalue weighted by molar-refractivity contribution is -0.136. The number of hydrogen-bond donors (Lipinski definition) is 1. The van der Waals surface area contributed by atoms with E-state index in [9.17, 15) is 9.59 Å². The molecule has 1 atom stereocenters. The van der Waals surface area contributed by atoms with E-state index < -0.39 is 5.97 Å². The van der Waals surface area contributed by atoms with Crippen LogP contribution in [0.4, 0.5) is 0 Å². The van der Waals surface area contributed by atoms with Gasteiger partial charge in [0.1, 0.15) is 5.78 Å². The number of ketones is 1. The van der Waals surface area contributed by atoms with Gasteiger partial charge in [-0.15, -0.1) is 0 Å². The summed E-state index contributed by atoms with van der Waals surface area (Å²) >= 11 is 0. The van der Waals surface area contributed by atoms with E-state index >= 15 is 0 Å². The molecule has 1 saturated carbocycles. The molecule has 3 heteroatoms. The third-order valence-electron chi connectivity index (χ3n) is 3.05. The second kappa shape index (κ2) is 4.47. The van der Waals surface area contributed by atoms with Crippen LogP contribution in [0.2, 0.25) is 0 Å². The van der Waals surface area contributed by atoms with Crippen LogP contribution in [-0.4, -0.2) is 16.9 Å². The van der Waals surface area contributed by atoms with Crippen molar-refractivity contribution < 1.29 is 14.7 Å². The number of carboxylic acid groups (broad SMARTS) is 1. The number of benzene rings is 1. The van der Waals surface area contributed by atoms with Gasteiger partial charge < -0.3 is 5.11 Å². The topological polar surface area (TPSA) is 54.4 Å². The summed E-state index contributed by atoms with van der Waals surface area (Å²) in [5.74, 6) is -0.144. The third kappa shape index (κ3) is 2.48. The summed E-state index contributed by atoms with van der Waals surface area (Å²) in [7, 11) is 0. The van der Waals surface area contributed by atoms with Gasteiger partial charge in [0.15, 0.2) is 0 Å². The summed E-state index contributed by atoms with van der Waals surface area (Å²) in [6.07, 6.45) is 2.31. The summed E-state index contributed by atoms with van der Waals surface area (Å²) in [4.78, 5) is 21.7. The van der Waals surface area contributed by atoms with Gasteiger partial charge in [0, 0.05) is 12.8 Å². The van der Waals surface area contributed by atoms with Crippen molar-refractivity contribution in [2.45, 2.75) is 31.6 Å². The molecule has 0 radical (unpaired) electrons. The Balaban J connectivity index is 2.07. The summed E-state index contributed by atoms with van der Waals surface area (Å²) in [5, 5.41) is 8.64. The fourth-order valence-corrected chi connectivity index (χ4v) is 2.18. The Morgan fingerprint density at radius 2 is 2.00 bits per heavy atom. The van der Waals surface area contributed by atoms with Crippen molar-refractivity contribution in [1.82, 2.24) is 0 Å². The average molecular weight is 218 g/mol. The molecule has 0 aromatic heterocycles. The first-order valence-corrected chi connectivity index (χ1v) is 5.47. The quantitative estimate of drug-likeness (QED) is 0.845. The van der Waals surface area contributed by atoms with E-state index in [0.717, 1.165) is 17.5 Å². The summed E-state index contributed by atoms with van der Waals surface area (Å²) in [6, 6.07) is 7.57. The second-order valence-corrected chi connectivity index (χ2v) is 4.29. The lowest BCUT2D eigenvalue weighted by Gasteiger charge is -2.08.